The number of hydrogen-bond donors (Lipinski definition) is 0. The number of unbranched alkanes of at least 4 members (excludes halogenated alkanes) is 20. The predicted molar refractivity (Wildman–Crippen MR) is 469 cm³/mol. The van der Waals surface area contributed by atoms with Gasteiger partial charge in [-0.2, -0.15) is 0 Å². The average molecular weight is 1500 g/mol. The molecule has 3 aromatic heterocycles. The van der Waals surface area contributed by atoms with Gasteiger partial charge in [0, 0.05) is 16.2 Å². The van der Waals surface area contributed by atoms with Crippen LogP contribution in [0.15, 0.2) is 231 Å². The molecule has 0 spiro atoms. The molecule has 0 amide bonds. The first kappa shape index (κ1) is 75.1. The summed E-state index contributed by atoms with van der Waals surface area (Å²) < 4.78 is 10.4. The number of benzene rings is 10. The van der Waals surface area contributed by atoms with Crippen LogP contribution in [0.25, 0.3) is 135 Å². The van der Waals surface area contributed by atoms with Crippen LogP contribution >= 0.6 is 0 Å². The van der Waals surface area contributed by atoms with Gasteiger partial charge in [-0.25, -0.2) is 9.97 Å². The molecular formula is C104H110N4Se. The van der Waals surface area contributed by atoms with Crippen LogP contribution in [-0.4, -0.2) is 32.9 Å². The fourth-order valence-electron chi connectivity index (χ4n) is 18.5. The van der Waals surface area contributed by atoms with Crippen LogP contribution in [0, 0.1) is 0 Å². The summed E-state index contributed by atoms with van der Waals surface area (Å²) in [6, 6.07) is 87.9. The van der Waals surface area contributed by atoms with Gasteiger partial charge >= 0.3 is 250 Å². The summed E-state index contributed by atoms with van der Waals surface area (Å²) in [5, 5.41) is 2.29. The van der Waals surface area contributed by atoms with Crippen molar-refractivity contribution in [1.82, 2.24) is 17.9 Å². The molecule has 10 aromatic carbocycles. The molecule has 0 fully saturated rings. The maximum absolute atomic E-state index is 5.31. The van der Waals surface area contributed by atoms with E-state index in [0.717, 1.165) is 69.9 Å². The fraction of sp³-hybridized carbons (Fsp3) is 0.327. The minimum Gasteiger partial charge on any atom is -0.248 e. The third-order valence-electron chi connectivity index (χ3n) is 24.4. The first-order valence-corrected chi connectivity index (χ1v) is 43.6. The summed E-state index contributed by atoms with van der Waals surface area (Å²) in [7, 11) is 0. The van der Waals surface area contributed by atoms with Crippen molar-refractivity contribution in [1.29, 1.82) is 0 Å². The number of rotatable bonds is 37. The van der Waals surface area contributed by atoms with Crippen molar-refractivity contribution in [3.63, 3.8) is 0 Å². The van der Waals surface area contributed by atoms with Crippen LogP contribution in [0.2, 0.25) is 0 Å². The molecule has 2 aliphatic carbocycles. The molecule has 0 atom stereocenters. The van der Waals surface area contributed by atoms with E-state index in [-0.39, 0.29) is 25.8 Å². The van der Waals surface area contributed by atoms with Crippen molar-refractivity contribution < 1.29 is 0 Å². The van der Waals surface area contributed by atoms with Gasteiger partial charge in [0.1, 0.15) is 0 Å². The molecule has 0 bridgehead atoms. The molecule has 2 aliphatic rings. The number of nitrogens with zero attached hydrogens (tertiary/aromatic N) is 4. The smallest absolute Gasteiger partial charge is 0.248 e. The third-order valence-corrected chi connectivity index (χ3v) is 25.5. The first-order valence-electron chi connectivity index (χ1n) is 42.1. The average Bonchev–Trinajstić information content (AvgIpc) is 1.56. The second-order valence-corrected chi connectivity index (χ2v) is 32.8. The molecule has 0 N–H and O–H groups in total. The molecule has 4 nitrogen and oxygen atoms in total. The van der Waals surface area contributed by atoms with Crippen molar-refractivity contribution in [2.45, 2.75) is 218 Å². The Morgan fingerprint density at radius 1 is 0.257 bits per heavy atom. The molecule has 0 saturated heterocycles. The molecular weight excluding hydrogens is 1380 g/mol. The summed E-state index contributed by atoms with van der Waals surface area (Å²) in [5.41, 5.74) is 31.9. The molecule has 0 unspecified atom stereocenters. The van der Waals surface area contributed by atoms with Gasteiger partial charge in [-0.3, -0.25) is 0 Å². The molecule has 0 radical (unpaired) electrons. The van der Waals surface area contributed by atoms with Gasteiger partial charge in [0.15, 0.2) is 0 Å². The summed E-state index contributed by atoms with van der Waals surface area (Å²) in [6.07, 6.45) is 44.2. The molecule has 109 heavy (non-hydrogen) atoms. The van der Waals surface area contributed by atoms with Crippen molar-refractivity contribution in [3.05, 3.63) is 275 Å². The quantitative estimate of drug-likeness (QED) is 0.0288. The Morgan fingerprint density at radius 2 is 0.578 bits per heavy atom. The maximum atomic E-state index is 5.31. The molecule has 3 heterocycles. The zero-order chi connectivity index (χ0) is 74.2. The minimum atomic E-state index is -0.207. The van der Waals surface area contributed by atoms with Crippen LogP contribution in [0.5, 0.6) is 0 Å². The number of aromatic nitrogens is 4. The number of para-hydroxylation sites is 2. The Kier molecular flexibility index (Phi) is 24.8. The van der Waals surface area contributed by atoms with E-state index < -0.39 is 0 Å². The second-order valence-electron chi connectivity index (χ2n) is 31.7. The van der Waals surface area contributed by atoms with Crippen LogP contribution in [-0.2, 0) is 10.8 Å². The van der Waals surface area contributed by atoms with Gasteiger partial charge in [0.2, 0.25) is 0 Å². The van der Waals surface area contributed by atoms with E-state index in [1.54, 1.807) is 0 Å². The van der Waals surface area contributed by atoms with Gasteiger partial charge in [-0.05, 0) is 118 Å². The summed E-state index contributed by atoms with van der Waals surface area (Å²) in [5.74, 6) is 0. The van der Waals surface area contributed by atoms with E-state index in [1.165, 1.54) is 265 Å². The Labute approximate surface area is 657 Å². The zero-order valence-electron chi connectivity index (χ0n) is 65.2. The van der Waals surface area contributed by atoms with E-state index in [2.05, 4.69) is 283 Å². The van der Waals surface area contributed by atoms with Crippen LogP contribution in [0.3, 0.4) is 0 Å². The summed E-state index contributed by atoms with van der Waals surface area (Å²) in [6.45, 7) is 9.36. The van der Waals surface area contributed by atoms with Gasteiger partial charge in [-0.15, -0.1) is 0 Å². The number of pyridine rings is 2. The van der Waals surface area contributed by atoms with Crippen molar-refractivity contribution in [2.75, 3.05) is 0 Å². The first-order chi connectivity index (χ1) is 53.9. The second kappa shape index (κ2) is 36.0. The van der Waals surface area contributed by atoms with E-state index in [1.807, 2.05) is 0 Å². The Bertz CT molecular complexity index is 5270. The molecule has 0 saturated carbocycles. The topological polar surface area (TPSA) is 51.6 Å². The SMILES string of the molecule is CCCCCCCCC1(CCCCCCCC)c2cc(-c3ccccc3)ccc2-c2ccc(-c3cc(/C=C/c4ccc5ccccc5n4)c(-c4ccc5c(c4)C(CCCCCCCC)(CCCCCCCC)c4cc(-c6ccc(-c7ccccc7)c7n[se]nc67)ccc4-5)cc3/C=C/c3ccc4ccccc4n3)cc21. The fourth-order valence-corrected chi connectivity index (χ4v) is 19.7. The summed E-state index contributed by atoms with van der Waals surface area (Å²) >= 11 is -0.195. The molecule has 0 aliphatic heterocycles. The van der Waals surface area contributed by atoms with Gasteiger partial charge in [0.05, 0.1) is 22.4 Å². The van der Waals surface area contributed by atoms with E-state index >= 15 is 0 Å². The third kappa shape index (κ3) is 16.6. The summed E-state index contributed by atoms with van der Waals surface area (Å²) in [4.78, 5) is 10.6. The standard InChI is InChI=1S/C104H110N4Se/c1-5-9-13-17-21-35-65-103(66-36-22-18-14-10-6-2)95-71-79(75-39-27-25-28-40-75)51-59-89(95)91-61-53-83(73-97(91)103)93-69-81(50-58-86-56-48-78-44-32-34-46-100(78)106-86)94(70-80(93)49-57-85-55-47-77-43-31-33-45-99(77)105-85)84-54-62-92-90-60-52-82(88-64-63-87(76-41-29-26-30-42-76)101-102(88)108-109-107-101)72-96(90)104(98(92)74-84,67-37-23-19-15-11-7-3)68-38-24-20-16-12-8-4/h25-34,39-64,69-74H,5-24,35-38,65-68H2,1-4H3/b57-49+,58-50+. The number of fused-ring (bicyclic) bond motifs is 9. The van der Waals surface area contributed by atoms with Crippen LogP contribution in [0.1, 0.15) is 252 Å². The van der Waals surface area contributed by atoms with Crippen molar-refractivity contribution in [2.24, 2.45) is 0 Å². The predicted octanol–water partition coefficient (Wildman–Crippen LogP) is 30.0. The van der Waals surface area contributed by atoms with Crippen molar-refractivity contribution >= 4 is 72.1 Å². The normalized spacial score (nSPS) is 13.3. The van der Waals surface area contributed by atoms with Crippen molar-refractivity contribution in [3.8, 4) is 77.9 Å². The Balaban J connectivity index is 0.926. The molecule has 552 valence electrons. The molecule has 13 aromatic rings. The van der Waals surface area contributed by atoms with E-state index in [0.29, 0.717) is 0 Å². The van der Waals surface area contributed by atoms with Crippen LogP contribution in [0.4, 0.5) is 0 Å². The Morgan fingerprint density at radius 3 is 0.982 bits per heavy atom. The van der Waals surface area contributed by atoms with Gasteiger partial charge in [-0.1, -0.05) is 246 Å². The molecule has 15 rings (SSSR count). The van der Waals surface area contributed by atoms with Crippen LogP contribution < -0.4 is 0 Å². The van der Waals surface area contributed by atoms with E-state index in [9.17, 15) is 0 Å². The minimum absolute atomic E-state index is 0.143. The van der Waals surface area contributed by atoms with Gasteiger partial charge < -0.3 is 0 Å². The molecule has 5 heteroatoms. The number of hydrogen-bond acceptors (Lipinski definition) is 4. The van der Waals surface area contributed by atoms with E-state index in [4.69, 9.17) is 17.9 Å². The van der Waals surface area contributed by atoms with Gasteiger partial charge in [0.25, 0.3) is 0 Å². The monoisotopic (exact) mass is 1490 g/mol. The zero-order valence-corrected chi connectivity index (χ0v) is 67.0. The Hall–Kier alpha value is -9.38.